The van der Waals surface area contributed by atoms with E-state index in [1.165, 1.54) is 6.07 Å². The Balaban J connectivity index is 1.82. The first-order valence-corrected chi connectivity index (χ1v) is 10.2. The second kappa shape index (κ2) is 9.77. The first-order valence-electron chi connectivity index (χ1n) is 8.62. The van der Waals surface area contributed by atoms with Crippen molar-refractivity contribution >= 4 is 66.9 Å². The number of rotatable bonds is 8. The maximum absolute atomic E-state index is 11.1. The number of thiazole rings is 1. The number of nitro groups is 1. The monoisotopic (exact) mass is 464 g/mol. The first kappa shape index (κ1) is 21.9. The molecule has 9 nitrogen and oxygen atoms in total. The van der Waals surface area contributed by atoms with Crippen molar-refractivity contribution in [2.75, 3.05) is 24.6 Å². The second-order valence-electron chi connectivity index (χ2n) is 5.96. The van der Waals surface area contributed by atoms with Crippen molar-refractivity contribution in [3.05, 3.63) is 50.5 Å². The molecule has 2 aromatic carbocycles. The number of azo groups is 1. The molecule has 0 amide bonds. The lowest BCUT2D eigenvalue weighted by Gasteiger charge is -2.22. The zero-order valence-electron chi connectivity index (χ0n) is 15.3. The Kier molecular flexibility index (Phi) is 7.12. The van der Waals surface area contributed by atoms with Gasteiger partial charge in [0.1, 0.15) is 15.6 Å². The summed E-state index contributed by atoms with van der Waals surface area (Å²) in [5, 5.41) is 37.4. The van der Waals surface area contributed by atoms with E-state index < -0.39 is 4.92 Å². The fourth-order valence-electron chi connectivity index (χ4n) is 2.69. The molecule has 0 fully saturated rings. The molecule has 0 atom stereocenters. The molecule has 0 spiro atoms. The van der Waals surface area contributed by atoms with Gasteiger partial charge in [0.2, 0.25) is 5.13 Å². The van der Waals surface area contributed by atoms with E-state index >= 15 is 0 Å². The molecule has 1 N–H and O–H groups in total. The molecular formula is C18H14Cl2N6O3S. The SMILES string of the molecule is N#CCCN(CCO)c1ccc(N=Nc2nc3c(Cl)c([N+](=O)[O-])c(Cl)cc3s2)cc1. The van der Waals surface area contributed by atoms with E-state index in [0.717, 1.165) is 17.0 Å². The molecule has 0 unspecified atom stereocenters. The maximum atomic E-state index is 11.1. The van der Waals surface area contributed by atoms with E-state index in [1.54, 1.807) is 12.1 Å². The molecule has 1 heterocycles. The summed E-state index contributed by atoms with van der Waals surface area (Å²) in [4.78, 5) is 16.6. The lowest BCUT2D eigenvalue weighted by atomic mass is 10.2. The number of nitriles is 1. The average Bonchev–Trinajstić information content (AvgIpc) is 3.13. The van der Waals surface area contributed by atoms with Crippen LogP contribution in [0, 0.1) is 21.4 Å². The van der Waals surface area contributed by atoms with Crippen molar-refractivity contribution in [1.82, 2.24) is 4.98 Å². The number of nitrogens with zero attached hydrogens (tertiary/aromatic N) is 6. The number of aliphatic hydroxyl groups is 1. The third-order valence-electron chi connectivity index (χ3n) is 4.05. The van der Waals surface area contributed by atoms with E-state index in [-0.39, 0.29) is 33.0 Å². The topological polar surface area (TPSA) is 128 Å². The van der Waals surface area contributed by atoms with Crippen LogP contribution in [0.3, 0.4) is 0 Å². The van der Waals surface area contributed by atoms with Crippen LogP contribution in [-0.4, -0.2) is 34.7 Å². The van der Waals surface area contributed by atoms with E-state index in [2.05, 4.69) is 21.3 Å². The third-order valence-corrected chi connectivity index (χ3v) is 5.59. The predicted octanol–water partition coefficient (Wildman–Crippen LogP) is 5.64. The highest BCUT2D eigenvalue weighted by molar-refractivity contribution is 7.22. The molecule has 0 saturated carbocycles. The second-order valence-corrected chi connectivity index (χ2v) is 7.75. The molecule has 12 heteroatoms. The van der Waals surface area contributed by atoms with Crippen molar-refractivity contribution < 1.29 is 10.0 Å². The lowest BCUT2D eigenvalue weighted by molar-refractivity contribution is -0.384. The van der Waals surface area contributed by atoms with E-state index in [9.17, 15) is 15.2 Å². The van der Waals surface area contributed by atoms with Crippen LogP contribution < -0.4 is 4.90 Å². The van der Waals surface area contributed by atoms with E-state index in [4.69, 9.17) is 28.5 Å². The average molecular weight is 465 g/mol. The van der Waals surface area contributed by atoms with Crippen molar-refractivity contribution in [1.29, 1.82) is 5.26 Å². The fourth-order valence-corrected chi connectivity index (χ4v) is 4.29. The number of halogens is 2. The summed E-state index contributed by atoms with van der Waals surface area (Å²) in [6.07, 6.45) is 0.351. The molecule has 0 bridgehead atoms. The predicted molar refractivity (Wildman–Crippen MR) is 116 cm³/mol. The molecule has 1 aromatic heterocycles. The zero-order chi connectivity index (χ0) is 21.7. The Bertz CT molecular complexity index is 1140. The summed E-state index contributed by atoms with van der Waals surface area (Å²) in [6, 6.07) is 10.7. The van der Waals surface area contributed by atoms with Gasteiger partial charge in [-0.15, -0.1) is 10.2 Å². The number of aromatic nitrogens is 1. The molecule has 0 saturated heterocycles. The highest BCUT2D eigenvalue weighted by Gasteiger charge is 2.23. The normalized spacial score (nSPS) is 11.1. The lowest BCUT2D eigenvalue weighted by Crippen LogP contribution is -2.27. The van der Waals surface area contributed by atoms with Crippen LogP contribution in [-0.2, 0) is 0 Å². The van der Waals surface area contributed by atoms with Gasteiger partial charge in [0.25, 0.3) is 0 Å². The Morgan fingerprint density at radius 3 is 2.63 bits per heavy atom. The van der Waals surface area contributed by atoms with Gasteiger partial charge in [-0.1, -0.05) is 34.5 Å². The van der Waals surface area contributed by atoms with Gasteiger partial charge in [-0.3, -0.25) is 10.1 Å². The van der Waals surface area contributed by atoms with Crippen LogP contribution >= 0.6 is 34.5 Å². The number of anilines is 1. The largest absolute Gasteiger partial charge is 0.395 e. The summed E-state index contributed by atoms with van der Waals surface area (Å²) in [5.41, 5.74) is 1.28. The van der Waals surface area contributed by atoms with Gasteiger partial charge in [0, 0.05) is 18.8 Å². The summed E-state index contributed by atoms with van der Waals surface area (Å²) in [7, 11) is 0. The minimum absolute atomic E-state index is 0.0186. The number of nitro benzene ring substituents is 1. The van der Waals surface area contributed by atoms with Crippen LogP contribution in [0.1, 0.15) is 6.42 Å². The zero-order valence-corrected chi connectivity index (χ0v) is 17.7. The minimum Gasteiger partial charge on any atom is -0.395 e. The van der Waals surface area contributed by atoms with Crippen LogP contribution in [0.5, 0.6) is 0 Å². The van der Waals surface area contributed by atoms with Gasteiger partial charge >= 0.3 is 5.69 Å². The van der Waals surface area contributed by atoms with Gasteiger partial charge in [-0.05, 0) is 30.3 Å². The molecule has 30 heavy (non-hydrogen) atoms. The quantitative estimate of drug-likeness (QED) is 0.261. The molecular weight excluding hydrogens is 451 g/mol. The van der Waals surface area contributed by atoms with Gasteiger partial charge in [0.05, 0.1) is 34.4 Å². The molecule has 3 rings (SSSR count). The molecule has 3 aromatic rings. The Hall–Kier alpha value is -2.84. The van der Waals surface area contributed by atoms with Crippen LogP contribution in [0.15, 0.2) is 40.6 Å². The number of fused-ring (bicyclic) bond motifs is 1. The van der Waals surface area contributed by atoms with Crippen LogP contribution in [0.2, 0.25) is 10.0 Å². The fraction of sp³-hybridized carbons (Fsp3) is 0.222. The number of aliphatic hydroxyl groups excluding tert-OH is 1. The number of hydrogen-bond acceptors (Lipinski definition) is 9. The van der Waals surface area contributed by atoms with Crippen molar-refractivity contribution in [3.8, 4) is 6.07 Å². The van der Waals surface area contributed by atoms with Gasteiger partial charge in [-0.2, -0.15) is 5.26 Å². The summed E-state index contributed by atoms with van der Waals surface area (Å²) >= 11 is 13.2. The van der Waals surface area contributed by atoms with Crippen LogP contribution in [0.25, 0.3) is 10.2 Å². The van der Waals surface area contributed by atoms with Crippen molar-refractivity contribution in [2.45, 2.75) is 6.42 Å². The minimum atomic E-state index is -0.650. The molecule has 0 aliphatic carbocycles. The summed E-state index contributed by atoms with van der Waals surface area (Å²) < 4.78 is 0.567. The Labute approximate surface area is 185 Å². The first-order chi connectivity index (χ1) is 14.4. The number of hydrogen-bond donors (Lipinski definition) is 1. The smallest absolute Gasteiger partial charge is 0.308 e. The summed E-state index contributed by atoms with van der Waals surface area (Å²) in [5.74, 6) is 0. The highest BCUT2D eigenvalue weighted by atomic mass is 35.5. The molecule has 154 valence electrons. The highest BCUT2D eigenvalue weighted by Crippen LogP contribution is 2.42. The van der Waals surface area contributed by atoms with Gasteiger partial charge < -0.3 is 10.0 Å². The number of benzene rings is 2. The van der Waals surface area contributed by atoms with Gasteiger partial charge in [0.15, 0.2) is 0 Å². The van der Waals surface area contributed by atoms with E-state index in [0.29, 0.717) is 29.9 Å². The molecule has 0 aliphatic rings. The Morgan fingerprint density at radius 2 is 2.00 bits per heavy atom. The third kappa shape index (κ3) is 4.83. The maximum Gasteiger partial charge on any atom is 0.308 e. The van der Waals surface area contributed by atoms with Crippen molar-refractivity contribution in [3.63, 3.8) is 0 Å². The summed E-state index contributed by atoms with van der Waals surface area (Å²) in [6.45, 7) is 0.915. The molecule has 0 radical (unpaired) electrons. The molecule has 0 aliphatic heterocycles. The van der Waals surface area contributed by atoms with E-state index in [1.807, 2.05) is 17.0 Å². The van der Waals surface area contributed by atoms with Crippen molar-refractivity contribution in [2.24, 2.45) is 10.2 Å². The van der Waals surface area contributed by atoms with Crippen LogP contribution in [0.4, 0.5) is 22.2 Å². The standard InChI is InChI=1S/C18H14Cl2N6O3S/c19-13-10-14-16(15(20)17(13)26(28)29)22-18(30-14)24-23-11-2-4-12(5-3-11)25(8-9-27)7-1-6-21/h2-5,10,27H,1,7-9H2. The Morgan fingerprint density at radius 1 is 1.27 bits per heavy atom. The van der Waals surface area contributed by atoms with Gasteiger partial charge in [-0.25, -0.2) is 4.98 Å².